The van der Waals surface area contributed by atoms with Crippen molar-refractivity contribution in [2.75, 3.05) is 13.1 Å². The third-order valence-electron chi connectivity index (χ3n) is 4.19. The molecule has 1 N–H and O–H groups in total. The zero-order valence-electron chi connectivity index (χ0n) is 12.3. The van der Waals surface area contributed by atoms with E-state index in [-0.39, 0.29) is 16.8 Å². The number of aromatic carboxylic acids is 1. The molecule has 3 nitrogen and oxygen atoms in total. The maximum Gasteiger partial charge on any atom is 0.336 e. The van der Waals surface area contributed by atoms with Crippen LogP contribution < -0.4 is 0 Å². The maximum absolute atomic E-state index is 13.3. The lowest BCUT2D eigenvalue weighted by atomic mass is 9.80. The minimum atomic E-state index is -0.994. The van der Waals surface area contributed by atoms with Crippen LogP contribution in [0.1, 0.15) is 43.1 Å². The van der Waals surface area contributed by atoms with Gasteiger partial charge in [-0.25, -0.2) is 9.18 Å². The van der Waals surface area contributed by atoms with Crippen molar-refractivity contribution in [3.8, 4) is 0 Å². The lowest BCUT2D eigenvalue weighted by molar-refractivity contribution is 0.0694. The minimum Gasteiger partial charge on any atom is -0.478 e. The summed E-state index contributed by atoms with van der Waals surface area (Å²) >= 11 is 0. The molecule has 1 saturated heterocycles. The van der Waals surface area contributed by atoms with Crippen LogP contribution in [0.15, 0.2) is 18.2 Å². The molecule has 1 aliphatic heterocycles. The Bertz CT molecular complexity index is 508. The molecule has 1 aromatic rings. The van der Waals surface area contributed by atoms with Crippen LogP contribution in [-0.4, -0.2) is 29.1 Å². The van der Waals surface area contributed by atoms with E-state index in [1.54, 1.807) is 0 Å². The molecule has 0 spiro atoms. The Morgan fingerprint density at radius 3 is 2.70 bits per heavy atom. The number of carboxylic acids is 1. The van der Waals surface area contributed by atoms with Gasteiger partial charge in [-0.1, -0.05) is 20.8 Å². The summed E-state index contributed by atoms with van der Waals surface area (Å²) in [5.41, 5.74) is 1.02. The summed E-state index contributed by atoms with van der Waals surface area (Å²) in [6.07, 6.45) is 1.11. The van der Waals surface area contributed by atoms with Gasteiger partial charge in [-0.3, -0.25) is 4.90 Å². The van der Waals surface area contributed by atoms with E-state index in [2.05, 4.69) is 25.7 Å². The Morgan fingerprint density at radius 2 is 2.15 bits per heavy atom. The highest BCUT2D eigenvalue weighted by molar-refractivity contribution is 5.89. The first-order chi connectivity index (χ1) is 9.27. The van der Waals surface area contributed by atoms with Gasteiger partial charge in [0.15, 0.2) is 0 Å². The summed E-state index contributed by atoms with van der Waals surface area (Å²) in [6, 6.07) is 3.90. The monoisotopic (exact) mass is 279 g/mol. The molecule has 0 amide bonds. The largest absolute Gasteiger partial charge is 0.478 e. The zero-order chi connectivity index (χ0) is 14.9. The van der Waals surface area contributed by atoms with E-state index in [0.29, 0.717) is 18.0 Å². The second kappa shape index (κ2) is 5.52. The molecule has 1 heterocycles. The van der Waals surface area contributed by atoms with Gasteiger partial charge in [-0.15, -0.1) is 0 Å². The number of benzene rings is 1. The van der Waals surface area contributed by atoms with E-state index >= 15 is 0 Å². The fraction of sp³-hybridized carbons (Fsp3) is 0.562. The van der Waals surface area contributed by atoms with Crippen molar-refractivity contribution in [1.29, 1.82) is 0 Å². The topological polar surface area (TPSA) is 40.5 Å². The highest BCUT2D eigenvalue weighted by Gasteiger charge is 2.32. The summed E-state index contributed by atoms with van der Waals surface area (Å²) in [5.74, 6) is -0.771. The van der Waals surface area contributed by atoms with Gasteiger partial charge in [-0.2, -0.15) is 0 Å². The first-order valence-corrected chi connectivity index (χ1v) is 7.01. The molecule has 1 aliphatic rings. The third kappa shape index (κ3) is 3.37. The van der Waals surface area contributed by atoms with Gasteiger partial charge in [-0.05, 0) is 48.1 Å². The molecule has 0 aliphatic carbocycles. The molecule has 1 atom stereocenters. The minimum absolute atomic E-state index is 0.200. The summed E-state index contributed by atoms with van der Waals surface area (Å²) in [4.78, 5) is 13.4. The number of nitrogens with zero attached hydrogens (tertiary/aromatic N) is 1. The standard InChI is InChI=1S/C16H22FNO2/c1-16(2,3)12-6-7-18(10-12)9-11-8-13(17)4-5-14(11)15(19)20/h4-5,8,12H,6-7,9-10H2,1-3H3,(H,19,20). The Balaban J connectivity index is 2.12. The molecule has 110 valence electrons. The third-order valence-corrected chi connectivity index (χ3v) is 4.19. The molecule has 0 saturated carbocycles. The van der Waals surface area contributed by atoms with E-state index in [4.69, 9.17) is 0 Å². The molecule has 1 fully saturated rings. The van der Waals surface area contributed by atoms with Gasteiger partial charge in [0, 0.05) is 13.1 Å². The SMILES string of the molecule is CC(C)(C)C1CCN(Cc2cc(F)ccc2C(=O)O)C1. The molecule has 2 rings (SSSR count). The predicted molar refractivity (Wildman–Crippen MR) is 76.2 cm³/mol. The highest BCUT2D eigenvalue weighted by Crippen LogP contribution is 2.34. The molecule has 1 unspecified atom stereocenters. The van der Waals surface area contributed by atoms with E-state index in [9.17, 15) is 14.3 Å². The average Bonchev–Trinajstić information content (AvgIpc) is 2.76. The fourth-order valence-electron chi connectivity index (χ4n) is 2.83. The van der Waals surface area contributed by atoms with Crippen LogP contribution in [0.25, 0.3) is 0 Å². The predicted octanol–water partition coefficient (Wildman–Crippen LogP) is 3.39. The lowest BCUT2D eigenvalue weighted by Crippen LogP contribution is -2.26. The van der Waals surface area contributed by atoms with Gasteiger partial charge in [0.05, 0.1) is 5.56 Å². The smallest absolute Gasteiger partial charge is 0.336 e. The van der Waals surface area contributed by atoms with Crippen molar-refractivity contribution < 1.29 is 14.3 Å². The van der Waals surface area contributed by atoms with Crippen molar-refractivity contribution in [3.05, 3.63) is 35.1 Å². The molecule has 20 heavy (non-hydrogen) atoms. The van der Waals surface area contributed by atoms with Crippen LogP contribution in [0.4, 0.5) is 4.39 Å². The molecule has 1 aromatic carbocycles. The number of hydrogen-bond donors (Lipinski definition) is 1. The van der Waals surface area contributed by atoms with Crippen LogP contribution in [0, 0.1) is 17.2 Å². The van der Waals surface area contributed by atoms with Crippen molar-refractivity contribution in [2.24, 2.45) is 11.3 Å². The summed E-state index contributed by atoms with van der Waals surface area (Å²) in [7, 11) is 0. The van der Waals surface area contributed by atoms with Gasteiger partial charge in [0.1, 0.15) is 5.82 Å². The number of carbonyl (C=O) groups is 1. The molecule has 0 radical (unpaired) electrons. The molecule has 0 bridgehead atoms. The summed E-state index contributed by atoms with van der Waals surface area (Å²) in [5, 5.41) is 9.17. The van der Waals surface area contributed by atoms with Gasteiger partial charge in [0.2, 0.25) is 0 Å². The van der Waals surface area contributed by atoms with Gasteiger partial charge in [0.25, 0.3) is 0 Å². The van der Waals surface area contributed by atoms with E-state index in [0.717, 1.165) is 19.5 Å². The Hall–Kier alpha value is -1.42. The Labute approximate surface area is 119 Å². The van der Waals surface area contributed by atoms with Crippen LogP contribution >= 0.6 is 0 Å². The molecule has 4 heteroatoms. The zero-order valence-corrected chi connectivity index (χ0v) is 12.3. The average molecular weight is 279 g/mol. The highest BCUT2D eigenvalue weighted by atomic mass is 19.1. The van der Waals surface area contributed by atoms with Gasteiger partial charge < -0.3 is 5.11 Å². The van der Waals surface area contributed by atoms with Crippen molar-refractivity contribution >= 4 is 5.97 Å². The summed E-state index contributed by atoms with van der Waals surface area (Å²) in [6.45, 7) is 9.08. The summed E-state index contributed by atoms with van der Waals surface area (Å²) < 4.78 is 13.3. The maximum atomic E-state index is 13.3. The van der Waals surface area contributed by atoms with E-state index < -0.39 is 5.97 Å². The Kier molecular flexibility index (Phi) is 4.14. The first kappa shape index (κ1) is 15.0. The van der Waals surface area contributed by atoms with E-state index in [1.807, 2.05) is 0 Å². The van der Waals surface area contributed by atoms with Crippen LogP contribution in [0.3, 0.4) is 0 Å². The lowest BCUT2D eigenvalue weighted by Gasteiger charge is -2.27. The number of likely N-dealkylation sites (tertiary alicyclic amines) is 1. The molecular formula is C16H22FNO2. The number of hydrogen-bond acceptors (Lipinski definition) is 2. The van der Waals surface area contributed by atoms with Crippen LogP contribution in [0.5, 0.6) is 0 Å². The number of halogens is 1. The molecule has 0 aromatic heterocycles. The number of carboxylic acid groups (broad SMARTS) is 1. The van der Waals surface area contributed by atoms with Crippen LogP contribution in [0.2, 0.25) is 0 Å². The molecular weight excluding hydrogens is 257 g/mol. The van der Waals surface area contributed by atoms with Crippen LogP contribution in [-0.2, 0) is 6.54 Å². The fourth-order valence-corrected chi connectivity index (χ4v) is 2.83. The first-order valence-electron chi connectivity index (χ1n) is 7.01. The number of rotatable bonds is 3. The van der Waals surface area contributed by atoms with Gasteiger partial charge >= 0.3 is 5.97 Å². The normalized spacial score (nSPS) is 20.3. The Morgan fingerprint density at radius 1 is 1.45 bits per heavy atom. The van der Waals surface area contributed by atoms with Crippen molar-refractivity contribution in [1.82, 2.24) is 4.90 Å². The van der Waals surface area contributed by atoms with Crippen molar-refractivity contribution in [2.45, 2.75) is 33.7 Å². The quantitative estimate of drug-likeness (QED) is 0.922. The van der Waals surface area contributed by atoms with Crippen molar-refractivity contribution in [3.63, 3.8) is 0 Å². The van der Waals surface area contributed by atoms with E-state index in [1.165, 1.54) is 18.2 Å². The second-order valence-corrected chi connectivity index (χ2v) is 6.69. The second-order valence-electron chi connectivity index (χ2n) is 6.69.